The second-order valence-corrected chi connectivity index (χ2v) is 11.4. The molecule has 3 heteroatoms. The summed E-state index contributed by atoms with van der Waals surface area (Å²) >= 11 is 0. The third-order valence-electron chi connectivity index (χ3n) is 8.67. The highest BCUT2D eigenvalue weighted by molar-refractivity contribution is 5.99. The van der Waals surface area contributed by atoms with Gasteiger partial charge in [0.05, 0.1) is 34.6 Å². The Balaban J connectivity index is 1.41. The summed E-state index contributed by atoms with van der Waals surface area (Å²) in [5.74, 6) is 0. The van der Waals surface area contributed by atoms with E-state index in [0.717, 1.165) is 11.4 Å². The molecule has 6 aromatic rings. The van der Waals surface area contributed by atoms with E-state index in [1.165, 1.54) is 61.6 Å². The van der Waals surface area contributed by atoms with Crippen LogP contribution in [0.25, 0.3) is 33.5 Å². The molecule has 1 atom stereocenters. The predicted octanol–water partition coefficient (Wildman–Crippen LogP) is 10.6. The van der Waals surface area contributed by atoms with E-state index in [2.05, 4.69) is 171 Å². The van der Waals surface area contributed by atoms with Crippen LogP contribution in [0.15, 0.2) is 134 Å². The lowest BCUT2D eigenvalue weighted by atomic mass is 9.94. The van der Waals surface area contributed by atoms with E-state index in [4.69, 9.17) is 4.98 Å². The number of aromatic nitrogens is 1. The van der Waals surface area contributed by atoms with Crippen LogP contribution in [0.3, 0.4) is 0 Å². The maximum absolute atomic E-state index is 5.05. The van der Waals surface area contributed by atoms with Crippen molar-refractivity contribution in [2.75, 3.05) is 9.80 Å². The summed E-state index contributed by atoms with van der Waals surface area (Å²) < 4.78 is 0. The van der Waals surface area contributed by atoms with Gasteiger partial charge < -0.3 is 9.80 Å². The Kier molecular flexibility index (Phi) is 6.79. The van der Waals surface area contributed by atoms with E-state index in [1.54, 1.807) is 0 Å². The highest BCUT2D eigenvalue weighted by atomic mass is 15.4. The number of benzene rings is 5. The number of rotatable bonds is 5. The zero-order valence-corrected chi connectivity index (χ0v) is 25.1. The van der Waals surface area contributed by atoms with Crippen molar-refractivity contribution in [2.24, 2.45) is 0 Å². The van der Waals surface area contributed by atoms with E-state index in [0.29, 0.717) is 0 Å². The van der Waals surface area contributed by atoms with Gasteiger partial charge in [-0.15, -0.1) is 0 Å². The summed E-state index contributed by atoms with van der Waals surface area (Å²) in [6.45, 7) is 8.84. The standard InChI is InChI=1S/C40H35N3/c1-27-15-13-16-28(2)39(27)35-25-29(3)38(26-41-35)42-30(4)43(37-24-12-11-23-36(37)42)40-33(31-17-7-5-8-18-31)21-14-22-34(40)32-19-9-6-10-20-32/h5-26,30H,1-4H3/t30-/m0/s1. The fourth-order valence-corrected chi connectivity index (χ4v) is 6.69. The summed E-state index contributed by atoms with van der Waals surface area (Å²) in [5.41, 5.74) is 15.5. The molecule has 7 rings (SSSR count). The average Bonchev–Trinajstić information content (AvgIpc) is 3.32. The molecule has 1 aromatic heterocycles. The van der Waals surface area contributed by atoms with Gasteiger partial charge in [-0.05, 0) is 73.7 Å². The van der Waals surface area contributed by atoms with Crippen LogP contribution in [-0.2, 0) is 0 Å². The molecule has 0 unspecified atom stereocenters. The van der Waals surface area contributed by atoms with Crippen molar-refractivity contribution >= 4 is 22.7 Å². The SMILES string of the molecule is Cc1cc(-c2c(C)cccc2C)ncc1N1c2ccccc2N(c2c(-c3ccccc3)cccc2-c2ccccc2)[C@H]1C. The van der Waals surface area contributed by atoms with Gasteiger partial charge in [0.25, 0.3) is 0 Å². The molecule has 0 spiro atoms. The molecule has 0 N–H and O–H groups in total. The third-order valence-corrected chi connectivity index (χ3v) is 8.67. The minimum Gasteiger partial charge on any atom is -0.317 e. The smallest absolute Gasteiger partial charge is 0.108 e. The summed E-state index contributed by atoms with van der Waals surface area (Å²) in [6, 6.07) is 45.6. The molecular formula is C40H35N3. The Morgan fingerprint density at radius 2 is 1.02 bits per heavy atom. The number of hydrogen-bond acceptors (Lipinski definition) is 3. The van der Waals surface area contributed by atoms with Gasteiger partial charge >= 0.3 is 0 Å². The van der Waals surface area contributed by atoms with Crippen LogP contribution < -0.4 is 9.80 Å². The molecule has 0 saturated carbocycles. The maximum Gasteiger partial charge on any atom is 0.108 e. The highest BCUT2D eigenvalue weighted by Crippen LogP contribution is 2.52. The van der Waals surface area contributed by atoms with E-state index in [1.807, 2.05) is 0 Å². The minimum absolute atomic E-state index is 0.0104. The second kappa shape index (κ2) is 10.9. The quantitative estimate of drug-likeness (QED) is 0.210. The molecule has 0 aliphatic carbocycles. The third kappa shape index (κ3) is 4.58. The first-order valence-corrected chi connectivity index (χ1v) is 15.0. The van der Waals surface area contributed by atoms with Crippen molar-refractivity contribution < 1.29 is 0 Å². The van der Waals surface area contributed by atoms with Crippen molar-refractivity contribution in [1.82, 2.24) is 4.98 Å². The Bertz CT molecular complexity index is 1850. The molecule has 0 amide bonds. The van der Waals surface area contributed by atoms with Gasteiger partial charge in [-0.3, -0.25) is 4.98 Å². The zero-order valence-electron chi connectivity index (χ0n) is 25.1. The Hall–Kier alpha value is -5.15. The second-order valence-electron chi connectivity index (χ2n) is 11.4. The largest absolute Gasteiger partial charge is 0.317 e. The van der Waals surface area contributed by atoms with Crippen LogP contribution in [0.2, 0.25) is 0 Å². The topological polar surface area (TPSA) is 19.4 Å². The summed E-state index contributed by atoms with van der Waals surface area (Å²) in [6.07, 6.45) is 2.07. The Morgan fingerprint density at radius 3 is 1.58 bits per heavy atom. The maximum atomic E-state index is 5.05. The van der Waals surface area contributed by atoms with Crippen LogP contribution in [0.5, 0.6) is 0 Å². The summed E-state index contributed by atoms with van der Waals surface area (Å²) in [5, 5.41) is 0. The normalized spacial score (nSPS) is 14.2. The molecule has 1 aliphatic heterocycles. The molecule has 5 aromatic carbocycles. The summed E-state index contributed by atoms with van der Waals surface area (Å²) in [7, 11) is 0. The fourth-order valence-electron chi connectivity index (χ4n) is 6.69. The van der Waals surface area contributed by atoms with Gasteiger partial charge in [0, 0.05) is 16.7 Å². The molecular weight excluding hydrogens is 522 g/mol. The minimum atomic E-state index is 0.0104. The molecule has 0 saturated heterocycles. The number of nitrogens with zero attached hydrogens (tertiary/aromatic N) is 3. The zero-order chi connectivity index (χ0) is 29.5. The molecule has 1 aliphatic rings. The predicted molar refractivity (Wildman–Crippen MR) is 181 cm³/mol. The molecule has 0 fully saturated rings. The van der Waals surface area contributed by atoms with E-state index < -0.39 is 0 Å². The first kappa shape index (κ1) is 26.7. The number of para-hydroxylation sites is 3. The average molecular weight is 558 g/mol. The molecule has 0 bridgehead atoms. The summed E-state index contributed by atoms with van der Waals surface area (Å²) in [4.78, 5) is 10.0. The van der Waals surface area contributed by atoms with Crippen molar-refractivity contribution in [3.05, 3.63) is 150 Å². The lowest BCUT2D eigenvalue weighted by Gasteiger charge is -2.33. The van der Waals surface area contributed by atoms with E-state index >= 15 is 0 Å². The first-order valence-electron chi connectivity index (χ1n) is 15.0. The highest BCUT2D eigenvalue weighted by Gasteiger charge is 2.37. The van der Waals surface area contributed by atoms with Gasteiger partial charge in [-0.25, -0.2) is 0 Å². The fraction of sp³-hybridized carbons (Fsp3) is 0.125. The Morgan fingerprint density at radius 1 is 0.512 bits per heavy atom. The number of hydrogen-bond donors (Lipinski definition) is 0. The first-order chi connectivity index (χ1) is 21.0. The number of fused-ring (bicyclic) bond motifs is 1. The van der Waals surface area contributed by atoms with Crippen molar-refractivity contribution in [3.8, 4) is 33.5 Å². The number of pyridine rings is 1. The van der Waals surface area contributed by atoms with Crippen molar-refractivity contribution in [1.29, 1.82) is 0 Å². The van der Waals surface area contributed by atoms with Crippen LogP contribution in [0.4, 0.5) is 22.7 Å². The lowest BCUT2D eigenvalue weighted by molar-refractivity contribution is 0.759. The van der Waals surface area contributed by atoms with Crippen LogP contribution in [-0.4, -0.2) is 11.1 Å². The Labute approximate surface area is 254 Å². The molecule has 43 heavy (non-hydrogen) atoms. The van der Waals surface area contributed by atoms with Gasteiger partial charge in [0.2, 0.25) is 0 Å². The monoisotopic (exact) mass is 557 g/mol. The number of anilines is 4. The molecule has 2 heterocycles. The van der Waals surface area contributed by atoms with Gasteiger partial charge in [0.15, 0.2) is 0 Å². The molecule has 210 valence electrons. The van der Waals surface area contributed by atoms with Crippen LogP contribution >= 0.6 is 0 Å². The van der Waals surface area contributed by atoms with Crippen LogP contribution in [0, 0.1) is 20.8 Å². The number of aryl methyl sites for hydroxylation is 3. The van der Waals surface area contributed by atoms with Crippen molar-refractivity contribution in [3.63, 3.8) is 0 Å². The van der Waals surface area contributed by atoms with Crippen LogP contribution in [0.1, 0.15) is 23.6 Å². The van der Waals surface area contributed by atoms with E-state index in [9.17, 15) is 0 Å². The van der Waals surface area contributed by atoms with Crippen molar-refractivity contribution in [2.45, 2.75) is 33.9 Å². The van der Waals surface area contributed by atoms with E-state index in [-0.39, 0.29) is 6.17 Å². The molecule has 0 radical (unpaired) electrons. The lowest BCUT2D eigenvalue weighted by Crippen LogP contribution is -2.36. The van der Waals surface area contributed by atoms with Gasteiger partial charge in [-0.2, -0.15) is 0 Å². The van der Waals surface area contributed by atoms with Gasteiger partial charge in [-0.1, -0.05) is 109 Å². The van der Waals surface area contributed by atoms with Gasteiger partial charge in [0.1, 0.15) is 6.17 Å². The molecule has 3 nitrogen and oxygen atoms in total.